The zero-order valence-corrected chi connectivity index (χ0v) is 7.19. The molecule has 7 heteroatoms. The second-order valence-electron chi connectivity index (χ2n) is 0. The van der Waals surface area contributed by atoms with Gasteiger partial charge in [0.1, 0.15) is 0 Å². The summed E-state index contributed by atoms with van der Waals surface area (Å²) < 4.78 is 0. The first-order chi connectivity index (χ1) is 0. The zero-order valence-electron chi connectivity index (χ0n) is 3.29. The van der Waals surface area contributed by atoms with Crippen LogP contribution < -0.4 is 0 Å². The molecule has 56 valence electrons. The fraction of sp³-hybridized carbons (Fsp3) is 0. The van der Waals surface area contributed by atoms with Crippen molar-refractivity contribution in [3.05, 3.63) is 12.3 Å². The normalized spacial score (nSPS) is 0. The van der Waals surface area contributed by atoms with Gasteiger partial charge in [-0.25, -0.2) is 0 Å². The minimum atomic E-state index is 0. The Morgan fingerprint density at radius 3 is 0.571 bits per heavy atom. The van der Waals surface area contributed by atoms with Crippen LogP contribution in [0, 0.1) is 0 Å². The molecule has 0 unspecified atom stereocenters. The SMILES string of the molecule is Cl.Cl.O.O.[NH2-].[NH2-].[Pt+2]. The van der Waals surface area contributed by atoms with Gasteiger partial charge >= 0.3 is 21.1 Å². The predicted octanol–water partition coefficient (Wildman–Crippen LogP) is 0.626. The molecule has 0 spiro atoms. The summed E-state index contributed by atoms with van der Waals surface area (Å²) in [6, 6.07) is 0. The summed E-state index contributed by atoms with van der Waals surface area (Å²) >= 11 is 0. The van der Waals surface area contributed by atoms with Crippen LogP contribution in [0.25, 0.3) is 12.3 Å². The summed E-state index contributed by atoms with van der Waals surface area (Å²) in [7, 11) is 0. The molecule has 0 saturated carbocycles. The first kappa shape index (κ1) is 334. The topological polar surface area (TPSA) is 130 Å². The summed E-state index contributed by atoms with van der Waals surface area (Å²) in [5.74, 6) is 0. The third-order valence-corrected chi connectivity index (χ3v) is 0. The molecular formula is H10Cl2N2O2Pt. The van der Waals surface area contributed by atoms with Gasteiger partial charge in [-0.15, -0.1) is 24.8 Å². The Hall–Kier alpha value is 1.11. The number of hydrogen-bond acceptors (Lipinski definition) is 0. The predicted molar refractivity (Wildman–Crippen MR) is 32.3 cm³/mol. The van der Waals surface area contributed by atoms with Crippen molar-refractivity contribution in [3.63, 3.8) is 0 Å². The molecule has 0 atom stereocenters. The summed E-state index contributed by atoms with van der Waals surface area (Å²) in [4.78, 5) is 0. The average molecular weight is 336 g/mol. The van der Waals surface area contributed by atoms with Gasteiger partial charge in [-0.1, -0.05) is 0 Å². The van der Waals surface area contributed by atoms with E-state index in [2.05, 4.69) is 0 Å². The third kappa shape index (κ3) is 151. The molecule has 0 bridgehead atoms. The molecule has 0 aromatic heterocycles. The summed E-state index contributed by atoms with van der Waals surface area (Å²) in [5.41, 5.74) is 0. The van der Waals surface area contributed by atoms with E-state index in [4.69, 9.17) is 0 Å². The molecule has 0 radical (unpaired) electrons. The van der Waals surface area contributed by atoms with E-state index in [9.17, 15) is 0 Å². The van der Waals surface area contributed by atoms with Crippen LogP contribution in [0.15, 0.2) is 0 Å². The van der Waals surface area contributed by atoms with Crippen molar-refractivity contribution in [2.24, 2.45) is 0 Å². The smallest absolute Gasteiger partial charge is 0.693 e. The molecule has 0 saturated heterocycles. The van der Waals surface area contributed by atoms with E-state index in [-0.39, 0.29) is 69.1 Å². The molecule has 0 aliphatic rings. The van der Waals surface area contributed by atoms with E-state index < -0.39 is 0 Å². The van der Waals surface area contributed by atoms with E-state index >= 15 is 0 Å². The fourth-order valence-electron chi connectivity index (χ4n) is 0. The first-order valence-corrected chi connectivity index (χ1v) is 0. The van der Waals surface area contributed by atoms with Gasteiger partial charge in [0.15, 0.2) is 0 Å². The van der Waals surface area contributed by atoms with Crippen LogP contribution >= 0.6 is 24.8 Å². The first-order valence-electron chi connectivity index (χ1n) is 0. The Bertz CT molecular complexity index is 13.7. The minimum Gasteiger partial charge on any atom is -0.693 e. The Morgan fingerprint density at radius 2 is 0.571 bits per heavy atom. The van der Waals surface area contributed by atoms with Crippen molar-refractivity contribution in [1.82, 2.24) is 0 Å². The zero-order chi connectivity index (χ0) is 0. The van der Waals surface area contributed by atoms with E-state index in [1.165, 1.54) is 0 Å². The van der Waals surface area contributed by atoms with E-state index in [0.717, 1.165) is 0 Å². The van der Waals surface area contributed by atoms with Crippen LogP contribution in [-0.2, 0) is 21.1 Å². The van der Waals surface area contributed by atoms with Gasteiger partial charge in [-0.05, 0) is 0 Å². The largest absolute Gasteiger partial charge is 2.00 e. The standard InChI is InChI=1S/2ClH.2H2N.2H2O.Pt/h2*1H;4*1H2;/q;;2*-1;;;+2. The number of hydrogen-bond donors (Lipinski definition) is 0. The Balaban J connectivity index is 0. The maximum atomic E-state index is 0. The molecule has 0 aromatic carbocycles. The molecule has 0 aromatic rings. The number of rotatable bonds is 0. The Labute approximate surface area is 69.3 Å². The van der Waals surface area contributed by atoms with E-state index in [1.54, 1.807) is 0 Å². The molecule has 8 N–H and O–H groups in total. The average Bonchev–Trinajstić information content (AvgIpc) is 0. The monoisotopic (exact) mass is 335 g/mol. The van der Waals surface area contributed by atoms with Crippen molar-refractivity contribution in [2.75, 3.05) is 0 Å². The van der Waals surface area contributed by atoms with Crippen molar-refractivity contribution in [3.8, 4) is 0 Å². The summed E-state index contributed by atoms with van der Waals surface area (Å²) in [6.07, 6.45) is 0. The van der Waals surface area contributed by atoms with Crippen LogP contribution in [0.2, 0.25) is 0 Å². The Kier molecular flexibility index (Phi) is 10300. The van der Waals surface area contributed by atoms with E-state index in [1.807, 2.05) is 0 Å². The van der Waals surface area contributed by atoms with Crippen LogP contribution in [0.1, 0.15) is 0 Å². The second kappa shape index (κ2) is 216. The van der Waals surface area contributed by atoms with Crippen molar-refractivity contribution in [1.29, 1.82) is 0 Å². The second-order valence-corrected chi connectivity index (χ2v) is 0. The van der Waals surface area contributed by atoms with Crippen LogP contribution in [0.3, 0.4) is 0 Å². The molecule has 0 aliphatic heterocycles. The van der Waals surface area contributed by atoms with Gasteiger partial charge in [-0.3, -0.25) is 0 Å². The Morgan fingerprint density at radius 1 is 0.571 bits per heavy atom. The van der Waals surface area contributed by atoms with Crippen LogP contribution in [0.4, 0.5) is 0 Å². The van der Waals surface area contributed by atoms with Crippen molar-refractivity contribution >= 4 is 24.8 Å². The summed E-state index contributed by atoms with van der Waals surface area (Å²) in [6.45, 7) is 0. The molecule has 0 heterocycles. The van der Waals surface area contributed by atoms with Crippen molar-refractivity contribution < 1.29 is 32.0 Å². The van der Waals surface area contributed by atoms with Crippen LogP contribution in [-0.4, -0.2) is 11.0 Å². The maximum Gasteiger partial charge on any atom is 2.00 e. The van der Waals surface area contributed by atoms with Gasteiger partial charge in [0.2, 0.25) is 0 Å². The van der Waals surface area contributed by atoms with Gasteiger partial charge in [0.25, 0.3) is 0 Å². The maximum absolute atomic E-state index is 0. The van der Waals surface area contributed by atoms with Gasteiger partial charge < -0.3 is 23.3 Å². The minimum absolute atomic E-state index is 0. The quantitative estimate of drug-likeness (QED) is 0.614. The molecule has 0 fully saturated rings. The van der Waals surface area contributed by atoms with Gasteiger partial charge in [0, 0.05) is 0 Å². The molecule has 0 amide bonds. The molecule has 0 aliphatic carbocycles. The molecule has 4 nitrogen and oxygen atoms in total. The fourth-order valence-corrected chi connectivity index (χ4v) is 0. The van der Waals surface area contributed by atoms with Crippen molar-refractivity contribution in [2.45, 2.75) is 0 Å². The molecule has 0 rings (SSSR count). The van der Waals surface area contributed by atoms with Gasteiger partial charge in [0.05, 0.1) is 0 Å². The molecule has 7 heavy (non-hydrogen) atoms. The number of nitrogens with two attached hydrogens (primary N) is 2. The summed E-state index contributed by atoms with van der Waals surface area (Å²) in [5, 5.41) is 0. The number of halogens is 2. The van der Waals surface area contributed by atoms with Gasteiger partial charge in [-0.2, -0.15) is 0 Å². The van der Waals surface area contributed by atoms with Crippen LogP contribution in [0.5, 0.6) is 0 Å². The van der Waals surface area contributed by atoms with E-state index in [0.29, 0.717) is 0 Å². The molecular weight excluding hydrogens is 326 g/mol. The third-order valence-electron chi connectivity index (χ3n) is 0.